The molecular weight excluding hydrogens is 278 g/mol. The third-order valence-corrected chi connectivity index (χ3v) is 4.31. The topological polar surface area (TPSA) is 60.8 Å². The minimum Gasteiger partial charge on any atom is -0.508 e. The van der Waals surface area contributed by atoms with Crippen molar-refractivity contribution in [1.29, 1.82) is 0 Å². The zero-order valence-corrected chi connectivity index (χ0v) is 12.3. The van der Waals surface area contributed by atoms with E-state index in [0.29, 0.717) is 25.1 Å². The molecule has 0 bridgehead atoms. The van der Waals surface area contributed by atoms with Crippen molar-refractivity contribution in [3.8, 4) is 5.75 Å². The number of benzene rings is 2. The number of hydrogen-bond acceptors (Lipinski definition) is 2. The van der Waals surface area contributed by atoms with Gasteiger partial charge in [-0.1, -0.05) is 42.5 Å². The van der Waals surface area contributed by atoms with Gasteiger partial charge in [0.1, 0.15) is 5.75 Å². The molecule has 0 aromatic heterocycles. The molecule has 2 N–H and O–H groups in total. The molecule has 1 atom stereocenters. The van der Waals surface area contributed by atoms with E-state index >= 15 is 0 Å². The van der Waals surface area contributed by atoms with Gasteiger partial charge in [0.05, 0.1) is 0 Å². The van der Waals surface area contributed by atoms with Crippen LogP contribution in [0.2, 0.25) is 0 Å². The normalized spacial score (nSPS) is 16.8. The lowest BCUT2D eigenvalue weighted by Gasteiger charge is -2.33. The molecule has 0 saturated heterocycles. The van der Waals surface area contributed by atoms with Crippen molar-refractivity contribution in [2.75, 3.05) is 0 Å². The molecule has 2 aromatic carbocycles. The standard InChI is InChI=1S/C18H19NO3/c20-17-8-4-7-14-11-15(9-10-16(14)17)19(18(21)22)12-13-5-2-1-3-6-13/h1-8,15,20H,9-12H2,(H,21,22)/t15-/m0/s1. The molecular formula is C18H19NO3. The zero-order chi connectivity index (χ0) is 15.5. The highest BCUT2D eigenvalue weighted by atomic mass is 16.4. The van der Waals surface area contributed by atoms with E-state index in [1.807, 2.05) is 42.5 Å². The number of hydrogen-bond donors (Lipinski definition) is 2. The Balaban J connectivity index is 1.80. The Morgan fingerprint density at radius 3 is 2.64 bits per heavy atom. The van der Waals surface area contributed by atoms with Crippen LogP contribution in [0.4, 0.5) is 4.79 Å². The number of aromatic hydroxyl groups is 1. The molecule has 0 fully saturated rings. The predicted octanol–water partition coefficient (Wildman–Crippen LogP) is 3.43. The second kappa shape index (κ2) is 6.10. The number of phenols is 1. The summed E-state index contributed by atoms with van der Waals surface area (Å²) in [4.78, 5) is 13.2. The van der Waals surface area contributed by atoms with Gasteiger partial charge in [-0.25, -0.2) is 4.79 Å². The molecule has 0 saturated carbocycles. The number of carbonyl (C=O) groups is 1. The summed E-state index contributed by atoms with van der Waals surface area (Å²) in [7, 11) is 0. The first-order valence-electron chi connectivity index (χ1n) is 7.48. The van der Waals surface area contributed by atoms with Crippen molar-refractivity contribution in [2.24, 2.45) is 0 Å². The maximum Gasteiger partial charge on any atom is 0.407 e. The van der Waals surface area contributed by atoms with Crippen molar-refractivity contribution >= 4 is 6.09 Å². The molecule has 3 rings (SSSR count). The molecule has 0 spiro atoms. The van der Waals surface area contributed by atoms with Crippen LogP contribution in [0.1, 0.15) is 23.1 Å². The molecule has 0 heterocycles. The van der Waals surface area contributed by atoms with Crippen LogP contribution in [0, 0.1) is 0 Å². The highest BCUT2D eigenvalue weighted by Gasteiger charge is 2.28. The first-order valence-corrected chi connectivity index (χ1v) is 7.48. The highest BCUT2D eigenvalue weighted by molar-refractivity contribution is 5.65. The quantitative estimate of drug-likeness (QED) is 0.912. The molecule has 1 amide bonds. The van der Waals surface area contributed by atoms with Crippen LogP contribution >= 0.6 is 0 Å². The van der Waals surface area contributed by atoms with Crippen LogP contribution in [-0.2, 0) is 19.4 Å². The molecule has 0 unspecified atom stereocenters. The fourth-order valence-corrected chi connectivity index (χ4v) is 3.17. The lowest BCUT2D eigenvalue weighted by Crippen LogP contribution is -2.42. The SMILES string of the molecule is O=C(O)N(Cc1ccccc1)[C@H]1CCc2c(O)cccc2C1. The number of fused-ring (bicyclic) bond motifs is 1. The van der Waals surface area contributed by atoms with Gasteiger partial charge in [-0.15, -0.1) is 0 Å². The third-order valence-electron chi connectivity index (χ3n) is 4.31. The van der Waals surface area contributed by atoms with Gasteiger partial charge in [-0.3, -0.25) is 0 Å². The number of rotatable bonds is 3. The van der Waals surface area contributed by atoms with Crippen molar-refractivity contribution in [3.63, 3.8) is 0 Å². The van der Waals surface area contributed by atoms with Gasteiger partial charge in [-0.2, -0.15) is 0 Å². The van der Waals surface area contributed by atoms with Crippen LogP contribution in [0.5, 0.6) is 5.75 Å². The molecule has 4 heteroatoms. The minimum absolute atomic E-state index is 0.0491. The van der Waals surface area contributed by atoms with Gasteiger partial charge >= 0.3 is 6.09 Å². The van der Waals surface area contributed by atoms with Crippen LogP contribution in [-0.4, -0.2) is 27.2 Å². The summed E-state index contributed by atoms with van der Waals surface area (Å²) in [5.41, 5.74) is 3.01. The van der Waals surface area contributed by atoms with E-state index < -0.39 is 6.09 Å². The number of phenolic OH excluding ortho intramolecular Hbond substituents is 1. The average molecular weight is 297 g/mol. The van der Waals surface area contributed by atoms with E-state index in [0.717, 1.165) is 23.1 Å². The molecule has 22 heavy (non-hydrogen) atoms. The van der Waals surface area contributed by atoms with Crippen molar-refractivity contribution in [1.82, 2.24) is 4.90 Å². The Kier molecular flexibility index (Phi) is 4.00. The summed E-state index contributed by atoms with van der Waals surface area (Å²) in [5.74, 6) is 0.320. The van der Waals surface area contributed by atoms with Gasteiger partial charge in [0.2, 0.25) is 0 Å². The number of nitrogens with zero attached hydrogens (tertiary/aromatic N) is 1. The summed E-state index contributed by atoms with van der Waals surface area (Å²) in [6.07, 6.45) is 1.22. The van der Waals surface area contributed by atoms with E-state index in [1.54, 1.807) is 6.07 Å². The Morgan fingerprint density at radius 2 is 1.91 bits per heavy atom. The van der Waals surface area contributed by atoms with Crippen LogP contribution in [0.15, 0.2) is 48.5 Å². The fraction of sp³-hybridized carbons (Fsp3) is 0.278. The van der Waals surface area contributed by atoms with Crippen LogP contribution < -0.4 is 0 Å². The third kappa shape index (κ3) is 2.91. The van der Waals surface area contributed by atoms with Crippen molar-refractivity contribution in [3.05, 3.63) is 65.2 Å². The molecule has 4 nitrogen and oxygen atoms in total. The molecule has 0 aliphatic heterocycles. The molecule has 1 aliphatic carbocycles. The number of carboxylic acid groups (broad SMARTS) is 1. The molecule has 0 radical (unpaired) electrons. The lowest BCUT2D eigenvalue weighted by atomic mass is 9.87. The summed E-state index contributed by atoms with van der Waals surface area (Å²) in [5, 5.41) is 19.5. The zero-order valence-electron chi connectivity index (χ0n) is 12.3. The van der Waals surface area contributed by atoms with E-state index in [9.17, 15) is 15.0 Å². The maximum atomic E-state index is 11.7. The largest absolute Gasteiger partial charge is 0.508 e. The first-order chi connectivity index (χ1) is 10.6. The van der Waals surface area contributed by atoms with Gasteiger partial charge in [0.25, 0.3) is 0 Å². The smallest absolute Gasteiger partial charge is 0.407 e. The van der Waals surface area contributed by atoms with Gasteiger partial charge < -0.3 is 15.1 Å². The Hall–Kier alpha value is -2.49. The first kappa shape index (κ1) is 14.4. The second-order valence-electron chi connectivity index (χ2n) is 5.71. The summed E-state index contributed by atoms with van der Waals surface area (Å²) in [6, 6.07) is 15.1. The maximum absolute atomic E-state index is 11.7. The molecule has 1 aliphatic rings. The highest BCUT2D eigenvalue weighted by Crippen LogP contribution is 2.31. The van der Waals surface area contributed by atoms with Gasteiger partial charge in [0.15, 0.2) is 0 Å². The Morgan fingerprint density at radius 1 is 1.14 bits per heavy atom. The van der Waals surface area contributed by atoms with E-state index in [4.69, 9.17) is 0 Å². The van der Waals surface area contributed by atoms with Crippen LogP contribution in [0.3, 0.4) is 0 Å². The van der Waals surface area contributed by atoms with E-state index in [-0.39, 0.29) is 6.04 Å². The minimum atomic E-state index is -0.891. The Bertz CT molecular complexity index is 669. The summed E-state index contributed by atoms with van der Waals surface area (Å²) >= 11 is 0. The monoisotopic (exact) mass is 297 g/mol. The predicted molar refractivity (Wildman–Crippen MR) is 83.9 cm³/mol. The Labute approximate surface area is 129 Å². The van der Waals surface area contributed by atoms with E-state index in [1.165, 1.54) is 4.90 Å². The number of amides is 1. The molecule has 2 aromatic rings. The van der Waals surface area contributed by atoms with Crippen molar-refractivity contribution in [2.45, 2.75) is 31.8 Å². The fourth-order valence-electron chi connectivity index (χ4n) is 3.17. The average Bonchev–Trinajstić information content (AvgIpc) is 2.53. The van der Waals surface area contributed by atoms with Crippen molar-refractivity contribution < 1.29 is 15.0 Å². The summed E-state index contributed by atoms with van der Waals surface area (Å²) < 4.78 is 0. The van der Waals surface area contributed by atoms with Crippen LogP contribution in [0.25, 0.3) is 0 Å². The lowest BCUT2D eigenvalue weighted by molar-refractivity contribution is 0.115. The van der Waals surface area contributed by atoms with Gasteiger partial charge in [0, 0.05) is 12.6 Å². The molecule has 114 valence electrons. The van der Waals surface area contributed by atoms with Gasteiger partial charge in [-0.05, 0) is 42.0 Å². The summed E-state index contributed by atoms with van der Waals surface area (Å²) in [6.45, 7) is 0.398. The second-order valence-corrected chi connectivity index (χ2v) is 5.71. The van der Waals surface area contributed by atoms with E-state index in [2.05, 4.69) is 0 Å².